The molecule has 3 heterocycles. The van der Waals surface area contributed by atoms with Crippen molar-refractivity contribution < 1.29 is 19.1 Å². The maximum absolute atomic E-state index is 13.9. The molecule has 4 unspecified atom stereocenters. The first-order valence-electron chi connectivity index (χ1n) is 11.8. The second-order valence-corrected chi connectivity index (χ2v) is 10.2. The molecule has 2 bridgehead atoms. The zero-order valence-corrected chi connectivity index (χ0v) is 19.9. The number of nitriles is 1. The van der Waals surface area contributed by atoms with E-state index in [1.54, 1.807) is 30.3 Å². The van der Waals surface area contributed by atoms with Gasteiger partial charge < -0.3 is 9.47 Å². The van der Waals surface area contributed by atoms with Crippen molar-refractivity contribution in [3.8, 4) is 11.8 Å². The summed E-state index contributed by atoms with van der Waals surface area (Å²) in [5.41, 5.74) is -0.790. The number of nitrogens with zero attached hydrogens (tertiary/aromatic N) is 2. The van der Waals surface area contributed by atoms with E-state index in [-0.39, 0.29) is 11.8 Å². The minimum Gasteiger partial charge on any atom is -0.493 e. The van der Waals surface area contributed by atoms with Crippen molar-refractivity contribution in [3.05, 3.63) is 71.2 Å². The van der Waals surface area contributed by atoms with Gasteiger partial charge in [-0.1, -0.05) is 41.9 Å². The fourth-order valence-electron chi connectivity index (χ4n) is 6.28. The van der Waals surface area contributed by atoms with Crippen LogP contribution >= 0.6 is 11.6 Å². The number of halogens is 1. The molecule has 0 aliphatic carbocycles. The first-order chi connectivity index (χ1) is 16.9. The predicted octanol–water partition coefficient (Wildman–Crippen LogP) is 5.26. The van der Waals surface area contributed by atoms with Crippen LogP contribution in [-0.4, -0.2) is 29.6 Å². The van der Waals surface area contributed by atoms with Crippen LogP contribution in [-0.2, 0) is 14.3 Å². The number of amides is 2. The lowest BCUT2D eigenvalue weighted by molar-refractivity contribution is -0.131. The van der Waals surface area contributed by atoms with E-state index in [0.29, 0.717) is 47.9 Å². The van der Waals surface area contributed by atoms with Crippen LogP contribution in [0.1, 0.15) is 31.7 Å². The van der Waals surface area contributed by atoms with Gasteiger partial charge >= 0.3 is 0 Å². The highest BCUT2D eigenvalue weighted by molar-refractivity contribution is 6.30. The third-order valence-corrected chi connectivity index (χ3v) is 8.13. The Labute approximate surface area is 208 Å². The lowest BCUT2D eigenvalue weighted by Crippen LogP contribution is -2.43. The third-order valence-electron chi connectivity index (χ3n) is 7.88. The number of hydrogen-bond acceptors (Lipinski definition) is 5. The number of rotatable bonds is 5. The van der Waals surface area contributed by atoms with E-state index in [9.17, 15) is 14.9 Å². The van der Waals surface area contributed by atoms with E-state index in [0.717, 1.165) is 10.8 Å². The molecule has 0 aromatic heterocycles. The Morgan fingerprint density at radius 3 is 2.57 bits per heavy atom. The molecule has 2 amide bonds. The Morgan fingerprint density at radius 1 is 1.06 bits per heavy atom. The van der Waals surface area contributed by atoms with Gasteiger partial charge in [-0.2, -0.15) is 5.26 Å². The van der Waals surface area contributed by atoms with Crippen LogP contribution in [0.3, 0.4) is 0 Å². The van der Waals surface area contributed by atoms with Gasteiger partial charge in [0.1, 0.15) is 11.8 Å². The van der Waals surface area contributed by atoms with Crippen molar-refractivity contribution in [2.75, 3.05) is 11.5 Å². The normalized spacial score (nSPS) is 29.0. The Bertz CT molecular complexity index is 1410. The van der Waals surface area contributed by atoms with E-state index in [1.807, 2.05) is 37.3 Å². The van der Waals surface area contributed by atoms with Crippen LogP contribution < -0.4 is 9.64 Å². The van der Waals surface area contributed by atoms with Crippen molar-refractivity contribution in [3.63, 3.8) is 0 Å². The van der Waals surface area contributed by atoms with Crippen molar-refractivity contribution in [2.45, 2.75) is 37.4 Å². The summed E-state index contributed by atoms with van der Waals surface area (Å²) in [5.74, 6) is -1.06. The van der Waals surface area contributed by atoms with Crippen LogP contribution in [0.25, 0.3) is 10.8 Å². The molecule has 0 radical (unpaired) electrons. The molecule has 35 heavy (non-hydrogen) atoms. The summed E-state index contributed by atoms with van der Waals surface area (Å²) < 4.78 is 12.4. The van der Waals surface area contributed by atoms with Crippen LogP contribution in [0, 0.1) is 23.2 Å². The topological polar surface area (TPSA) is 79.6 Å². The van der Waals surface area contributed by atoms with Crippen molar-refractivity contribution in [2.24, 2.45) is 11.8 Å². The van der Waals surface area contributed by atoms with Gasteiger partial charge in [0.15, 0.2) is 0 Å². The predicted molar refractivity (Wildman–Crippen MR) is 131 cm³/mol. The molecular formula is C28H23ClN2O4. The number of ether oxygens (including phenoxy) is 2. The van der Waals surface area contributed by atoms with Crippen LogP contribution in [0.5, 0.6) is 5.75 Å². The molecule has 0 spiro atoms. The van der Waals surface area contributed by atoms with Gasteiger partial charge in [0.2, 0.25) is 11.8 Å². The van der Waals surface area contributed by atoms with E-state index in [4.69, 9.17) is 21.1 Å². The molecule has 3 fully saturated rings. The summed E-state index contributed by atoms with van der Waals surface area (Å²) in [6.07, 6.45) is 1.87. The Hall–Kier alpha value is -3.40. The van der Waals surface area contributed by atoms with Gasteiger partial charge in [0.05, 0.1) is 40.9 Å². The first kappa shape index (κ1) is 22.1. The number of anilines is 1. The maximum atomic E-state index is 13.9. The third kappa shape index (κ3) is 3.19. The molecule has 0 N–H and O–H groups in total. The van der Waals surface area contributed by atoms with E-state index >= 15 is 0 Å². The van der Waals surface area contributed by atoms with E-state index < -0.39 is 23.0 Å². The summed E-state index contributed by atoms with van der Waals surface area (Å²) in [7, 11) is 0. The van der Waals surface area contributed by atoms with Gasteiger partial charge in [0.25, 0.3) is 0 Å². The molecule has 3 aromatic rings. The molecule has 6 rings (SSSR count). The molecule has 3 aromatic carbocycles. The number of benzene rings is 3. The zero-order valence-electron chi connectivity index (χ0n) is 19.2. The highest BCUT2D eigenvalue weighted by Crippen LogP contribution is 2.62. The van der Waals surface area contributed by atoms with Crippen molar-refractivity contribution >= 4 is 39.9 Å². The number of carbonyl (C=O) groups excluding carboxylic acids is 2. The molecule has 3 aliphatic heterocycles. The average molecular weight is 487 g/mol. The number of carbonyl (C=O) groups is 2. The zero-order chi connectivity index (χ0) is 24.4. The lowest BCUT2D eigenvalue weighted by atomic mass is 9.67. The smallest absolute Gasteiger partial charge is 0.240 e. The summed E-state index contributed by atoms with van der Waals surface area (Å²) in [5, 5.41) is 12.2. The fraction of sp³-hybridized carbons (Fsp3) is 0.321. The van der Waals surface area contributed by atoms with Crippen molar-refractivity contribution in [1.29, 1.82) is 5.26 Å². The number of hydrogen-bond donors (Lipinski definition) is 0. The van der Waals surface area contributed by atoms with E-state index in [1.165, 1.54) is 4.90 Å². The standard InChI is InChI=1S/C28H23ClN2O4/c1-27-12-13-28(35-27,14-15-34-19-9-7-18(29)8-10-19)24-23(27)25(32)31(26(24)33)22-11-6-17-4-2-3-5-20(17)21(22)16-30/h2-11,23-24H,12-15H2,1H3. The number of imide groups is 1. The lowest BCUT2D eigenvalue weighted by Gasteiger charge is -2.31. The molecule has 7 heteroatoms. The molecule has 6 nitrogen and oxygen atoms in total. The van der Waals surface area contributed by atoms with Gasteiger partial charge in [-0.15, -0.1) is 0 Å². The minimum atomic E-state index is -0.767. The highest BCUT2D eigenvalue weighted by atomic mass is 35.5. The summed E-state index contributed by atoms with van der Waals surface area (Å²) in [6, 6.07) is 20.4. The molecule has 4 atom stereocenters. The van der Waals surface area contributed by atoms with Crippen LogP contribution in [0.4, 0.5) is 5.69 Å². The summed E-state index contributed by atoms with van der Waals surface area (Å²) >= 11 is 5.95. The number of fused-ring (bicyclic) bond motifs is 6. The average Bonchev–Trinajstić information content (AvgIpc) is 3.44. The maximum Gasteiger partial charge on any atom is 0.240 e. The van der Waals surface area contributed by atoms with Gasteiger partial charge in [0, 0.05) is 16.8 Å². The molecule has 176 valence electrons. The monoisotopic (exact) mass is 486 g/mol. The molecule has 0 saturated carbocycles. The van der Waals surface area contributed by atoms with Crippen LogP contribution in [0.2, 0.25) is 5.02 Å². The van der Waals surface area contributed by atoms with E-state index in [2.05, 4.69) is 6.07 Å². The van der Waals surface area contributed by atoms with Gasteiger partial charge in [-0.25, -0.2) is 4.90 Å². The Morgan fingerprint density at radius 2 is 1.80 bits per heavy atom. The second-order valence-electron chi connectivity index (χ2n) is 9.79. The highest BCUT2D eigenvalue weighted by Gasteiger charge is 2.74. The van der Waals surface area contributed by atoms with Gasteiger partial charge in [-0.3, -0.25) is 9.59 Å². The largest absolute Gasteiger partial charge is 0.493 e. The van der Waals surface area contributed by atoms with Crippen LogP contribution in [0.15, 0.2) is 60.7 Å². The SMILES string of the molecule is CC12CCC(CCOc3ccc(Cl)cc3)(O1)C1C(=O)N(c3ccc4ccccc4c3C#N)C(=O)C12. The molecule has 3 aliphatic rings. The Balaban J connectivity index is 1.33. The molecule has 3 saturated heterocycles. The first-order valence-corrected chi connectivity index (χ1v) is 12.1. The fourth-order valence-corrected chi connectivity index (χ4v) is 6.41. The molecular weight excluding hydrogens is 464 g/mol. The quantitative estimate of drug-likeness (QED) is 0.459. The van der Waals surface area contributed by atoms with Crippen molar-refractivity contribution in [1.82, 2.24) is 0 Å². The summed E-state index contributed by atoms with van der Waals surface area (Å²) in [6.45, 7) is 2.28. The minimum absolute atomic E-state index is 0.283. The van der Waals surface area contributed by atoms with Gasteiger partial charge in [-0.05, 0) is 55.5 Å². The Kier molecular flexibility index (Phi) is 4.93. The second kappa shape index (κ2) is 7.81. The summed E-state index contributed by atoms with van der Waals surface area (Å²) in [4.78, 5) is 28.8.